The van der Waals surface area contributed by atoms with Crippen molar-refractivity contribution in [1.29, 1.82) is 0 Å². The topological polar surface area (TPSA) is 85.1 Å². The zero-order chi connectivity index (χ0) is 11.4. The number of anilines is 2. The maximum Gasteiger partial charge on any atom is 0.148 e. The van der Waals surface area contributed by atoms with Gasteiger partial charge < -0.3 is 15.5 Å². The van der Waals surface area contributed by atoms with Crippen LogP contribution in [0.3, 0.4) is 0 Å². The fraction of sp³-hybridized carbons (Fsp3) is 0.600. The van der Waals surface area contributed by atoms with Gasteiger partial charge in [-0.25, -0.2) is 15.8 Å². The molecule has 1 atom stereocenters. The SMILES string of the molecule is Cc1c(NN)ncnc1NC1CCCOC1. The summed E-state index contributed by atoms with van der Waals surface area (Å²) >= 11 is 0. The molecular weight excluding hydrogens is 206 g/mol. The lowest BCUT2D eigenvalue weighted by Gasteiger charge is -2.24. The summed E-state index contributed by atoms with van der Waals surface area (Å²) in [7, 11) is 0. The summed E-state index contributed by atoms with van der Waals surface area (Å²) in [6, 6.07) is 0.327. The molecule has 16 heavy (non-hydrogen) atoms. The van der Waals surface area contributed by atoms with Crippen molar-refractivity contribution in [2.24, 2.45) is 5.84 Å². The minimum atomic E-state index is 0.327. The van der Waals surface area contributed by atoms with Gasteiger partial charge in [-0.2, -0.15) is 0 Å². The van der Waals surface area contributed by atoms with E-state index in [-0.39, 0.29) is 0 Å². The van der Waals surface area contributed by atoms with E-state index in [0.29, 0.717) is 11.9 Å². The van der Waals surface area contributed by atoms with Crippen molar-refractivity contribution in [1.82, 2.24) is 9.97 Å². The Labute approximate surface area is 94.6 Å². The van der Waals surface area contributed by atoms with Gasteiger partial charge in [0.2, 0.25) is 0 Å². The number of nitrogens with one attached hydrogen (secondary N) is 2. The van der Waals surface area contributed by atoms with E-state index >= 15 is 0 Å². The lowest BCUT2D eigenvalue weighted by molar-refractivity contribution is 0.0875. The highest BCUT2D eigenvalue weighted by Crippen LogP contribution is 2.19. The minimum Gasteiger partial charge on any atom is -0.379 e. The largest absolute Gasteiger partial charge is 0.379 e. The molecule has 88 valence electrons. The highest BCUT2D eigenvalue weighted by molar-refractivity contribution is 5.56. The smallest absolute Gasteiger partial charge is 0.148 e. The standard InChI is InChI=1S/C10H17N5O/c1-7-9(12-6-13-10(7)15-11)14-8-3-2-4-16-5-8/h6,8H,2-5,11H2,1H3,(H2,12,13,14,15). The number of nitrogens with zero attached hydrogens (tertiary/aromatic N) is 2. The number of hydrazine groups is 1. The first kappa shape index (κ1) is 11.1. The Kier molecular flexibility index (Phi) is 3.53. The van der Waals surface area contributed by atoms with Gasteiger partial charge in [-0.05, 0) is 19.8 Å². The third-order valence-corrected chi connectivity index (χ3v) is 2.72. The van der Waals surface area contributed by atoms with Crippen molar-refractivity contribution in [3.8, 4) is 0 Å². The lowest BCUT2D eigenvalue weighted by atomic mass is 10.1. The molecule has 1 aliphatic heterocycles. The van der Waals surface area contributed by atoms with Crippen LogP contribution in [-0.4, -0.2) is 29.2 Å². The molecule has 0 bridgehead atoms. The molecule has 1 aromatic heterocycles. The Morgan fingerprint density at radius 3 is 2.94 bits per heavy atom. The second kappa shape index (κ2) is 5.09. The summed E-state index contributed by atoms with van der Waals surface area (Å²) in [5.41, 5.74) is 3.48. The predicted molar refractivity (Wildman–Crippen MR) is 62.0 cm³/mol. The summed E-state index contributed by atoms with van der Waals surface area (Å²) in [4.78, 5) is 8.24. The summed E-state index contributed by atoms with van der Waals surface area (Å²) in [5.74, 6) is 6.83. The van der Waals surface area contributed by atoms with Gasteiger partial charge in [0.15, 0.2) is 0 Å². The maximum atomic E-state index is 5.40. The van der Waals surface area contributed by atoms with Crippen LogP contribution in [0.15, 0.2) is 6.33 Å². The molecule has 1 aromatic rings. The second-order valence-electron chi connectivity index (χ2n) is 3.90. The van der Waals surface area contributed by atoms with Crippen LogP contribution in [0.2, 0.25) is 0 Å². The number of nitrogen functional groups attached to an aromatic ring is 1. The maximum absolute atomic E-state index is 5.40. The van der Waals surface area contributed by atoms with Crippen LogP contribution in [0.1, 0.15) is 18.4 Å². The summed E-state index contributed by atoms with van der Waals surface area (Å²) in [5, 5.41) is 3.35. The molecule has 1 aliphatic rings. The molecule has 6 nitrogen and oxygen atoms in total. The normalized spacial score (nSPS) is 20.5. The average Bonchev–Trinajstić information content (AvgIpc) is 2.33. The van der Waals surface area contributed by atoms with Crippen LogP contribution in [0.4, 0.5) is 11.6 Å². The molecule has 4 N–H and O–H groups in total. The van der Waals surface area contributed by atoms with E-state index in [4.69, 9.17) is 10.6 Å². The third kappa shape index (κ3) is 2.40. The van der Waals surface area contributed by atoms with E-state index in [1.165, 1.54) is 6.33 Å². The van der Waals surface area contributed by atoms with Gasteiger partial charge in [0, 0.05) is 12.2 Å². The highest BCUT2D eigenvalue weighted by atomic mass is 16.5. The Morgan fingerprint density at radius 2 is 2.25 bits per heavy atom. The summed E-state index contributed by atoms with van der Waals surface area (Å²) < 4.78 is 5.40. The molecule has 6 heteroatoms. The number of hydrogen-bond donors (Lipinski definition) is 3. The van der Waals surface area contributed by atoms with Crippen LogP contribution in [0.5, 0.6) is 0 Å². The second-order valence-corrected chi connectivity index (χ2v) is 3.90. The van der Waals surface area contributed by atoms with Crippen molar-refractivity contribution in [2.75, 3.05) is 24.0 Å². The van der Waals surface area contributed by atoms with Crippen LogP contribution in [-0.2, 0) is 4.74 Å². The fourth-order valence-electron chi connectivity index (χ4n) is 1.79. The number of ether oxygens (including phenoxy) is 1. The van der Waals surface area contributed by atoms with Gasteiger partial charge in [-0.3, -0.25) is 0 Å². The summed E-state index contributed by atoms with van der Waals surface area (Å²) in [6.45, 7) is 3.52. The molecule has 1 saturated heterocycles. The molecule has 2 rings (SSSR count). The van der Waals surface area contributed by atoms with E-state index in [0.717, 1.165) is 37.4 Å². The van der Waals surface area contributed by atoms with Crippen LogP contribution in [0, 0.1) is 6.92 Å². The monoisotopic (exact) mass is 223 g/mol. The number of aromatic nitrogens is 2. The molecule has 0 aromatic carbocycles. The minimum absolute atomic E-state index is 0.327. The van der Waals surface area contributed by atoms with E-state index in [9.17, 15) is 0 Å². The fourth-order valence-corrected chi connectivity index (χ4v) is 1.79. The van der Waals surface area contributed by atoms with Gasteiger partial charge in [-0.15, -0.1) is 0 Å². The molecule has 1 fully saturated rings. The summed E-state index contributed by atoms with van der Waals surface area (Å²) in [6.07, 6.45) is 3.69. The zero-order valence-corrected chi connectivity index (χ0v) is 9.36. The lowest BCUT2D eigenvalue weighted by Crippen LogP contribution is -2.30. The quantitative estimate of drug-likeness (QED) is 0.515. The van der Waals surface area contributed by atoms with E-state index in [1.54, 1.807) is 0 Å². The van der Waals surface area contributed by atoms with Gasteiger partial charge in [-0.1, -0.05) is 0 Å². The van der Waals surface area contributed by atoms with Crippen molar-refractivity contribution < 1.29 is 4.74 Å². The van der Waals surface area contributed by atoms with E-state index in [2.05, 4.69) is 20.7 Å². The molecule has 0 saturated carbocycles. The number of rotatable bonds is 3. The average molecular weight is 223 g/mol. The highest BCUT2D eigenvalue weighted by Gasteiger charge is 2.15. The molecule has 1 unspecified atom stereocenters. The van der Waals surface area contributed by atoms with Crippen LogP contribution >= 0.6 is 0 Å². The molecule has 2 heterocycles. The Balaban J connectivity index is 2.08. The van der Waals surface area contributed by atoms with Crippen molar-refractivity contribution in [3.05, 3.63) is 11.9 Å². The first-order valence-electron chi connectivity index (χ1n) is 5.43. The van der Waals surface area contributed by atoms with Crippen LogP contribution < -0.4 is 16.6 Å². The molecule has 0 amide bonds. The van der Waals surface area contributed by atoms with Crippen LogP contribution in [0.25, 0.3) is 0 Å². The Bertz CT molecular complexity index is 351. The number of nitrogens with two attached hydrogens (primary N) is 1. The third-order valence-electron chi connectivity index (χ3n) is 2.72. The first-order valence-corrected chi connectivity index (χ1v) is 5.43. The Morgan fingerprint density at radius 1 is 1.44 bits per heavy atom. The molecule has 0 radical (unpaired) electrons. The first-order chi connectivity index (χ1) is 7.81. The molecule has 0 spiro atoms. The van der Waals surface area contributed by atoms with E-state index < -0.39 is 0 Å². The van der Waals surface area contributed by atoms with E-state index in [1.807, 2.05) is 6.92 Å². The molecular formula is C10H17N5O. The van der Waals surface area contributed by atoms with Crippen molar-refractivity contribution in [2.45, 2.75) is 25.8 Å². The van der Waals surface area contributed by atoms with Gasteiger partial charge in [0.25, 0.3) is 0 Å². The number of hydrogen-bond acceptors (Lipinski definition) is 6. The van der Waals surface area contributed by atoms with Crippen molar-refractivity contribution in [3.63, 3.8) is 0 Å². The van der Waals surface area contributed by atoms with Gasteiger partial charge in [0.05, 0.1) is 12.6 Å². The zero-order valence-electron chi connectivity index (χ0n) is 9.36. The molecule has 0 aliphatic carbocycles. The van der Waals surface area contributed by atoms with Gasteiger partial charge in [0.1, 0.15) is 18.0 Å². The predicted octanol–water partition coefficient (Wildman–Crippen LogP) is 0.662. The van der Waals surface area contributed by atoms with Crippen molar-refractivity contribution >= 4 is 11.6 Å². The Hall–Kier alpha value is -1.40. The van der Waals surface area contributed by atoms with Gasteiger partial charge >= 0.3 is 0 Å².